The van der Waals surface area contributed by atoms with Crippen LogP contribution in [-0.2, 0) is 27.3 Å². The zero-order valence-corrected chi connectivity index (χ0v) is 12.7. The highest BCUT2D eigenvalue weighted by Crippen LogP contribution is 2.22. The first kappa shape index (κ1) is 16.6. The second-order valence-electron chi connectivity index (χ2n) is 4.82. The van der Waals surface area contributed by atoms with Crippen LogP contribution < -0.4 is 5.32 Å². The van der Waals surface area contributed by atoms with E-state index in [2.05, 4.69) is 15.6 Å². The molecule has 0 unspecified atom stereocenters. The van der Waals surface area contributed by atoms with Gasteiger partial charge in [0.2, 0.25) is 5.91 Å². The molecule has 2 aromatic rings. The Labute approximate surface area is 133 Å². The Morgan fingerprint density at radius 2 is 2.04 bits per heavy atom. The molecule has 1 aromatic carbocycles. The Hall–Kier alpha value is -2.74. The smallest absolute Gasteiger partial charge is 0.309 e. The van der Waals surface area contributed by atoms with E-state index in [4.69, 9.17) is 9.84 Å². The largest absolute Gasteiger partial charge is 0.481 e. The van der Waals surface area contributed by atoms with Crippen LogP contribution in [-0.4, -0.2) is 52.2 Å². The maximum Gasteiger partial charge on any atom is 0.309 e. The summed E-state index contributed by atoms with van der Waals surface area (Å²) in [4.78, 5) is 22.9. The van der Waals surface area contributed by atoms with Crippen molar-refractivity contribution in [3.63, 3.8) is 0 Å². The number of amides is 1. The van der Waals surface area contributed by atoms with Crippen LogP contribution in [0.2, 0.25) is 0 Å². The van der Waals surface area contributed by atoms with Gasteiger partial charge in [-0.15, -0.1) is 5.10 Å². The Kier molecular flexibility index (Phi) is 5.81. The quantitative estimate of drug-likeness (QED) is 0.680. The first-order chi connectivity index (χ1) is 11.1. The number of nitrogens with zero attached hydrogens (tertiary/aromatic N) is 3. The van der Waals surface area contributed by atoms with E-state index in [9.17, 15) is 9.59 Å². The molecule has 0 saturated carbocycles. The third-order valence-electron chi connectivity index (χ3n) is 3.09. The number of carbonyl (C=O) groups excluding carboxylic acids is 1. The fourth-order valence-corrected chi connectivity index (χ4v) is 2.12. The molecular formula is C15H18N4O4. The van der Waals surface area contributed by atoms with Crippen LogP contribution >= 0.6 is 0 Å². The standard InChI is InChI=1S/C15H18N4O4/c1-23-8-7-16-13(20)10-19-15(11-5-3-2-4-6-11)12(17-18-19)9-14(21)22/h2-6H,7-10H2,1H3,(H,16,20)(H,21,22). The maximum absolute atomic E-state index is 11.9. The molecule has 0 aliphatic carbocycles. The van der Waals surface area contributed by atoms with Gasteiger partial charge in [-0.3, -0.25) is 9.59 Å². The molecule has 2 rings (SSSR count). The molecule has 8 heteroatoms. The van der Waals surface area contributed by atoms with E-state index in [0.29, 0.717) is 24.5 Å². The zero-order valence-electron chi connectivity index (χ0n) is 12.7. The van der Waals surface area contributed by atoms with Gasteiger partial charge in [-0.05, 0) is 0 Å². The molecule has 0 aliphatic heterocycles. The Morgan fingerprint density at radius 3 is 2.70 bits per heavy atom. The van der Waals surface area contributed by atoms with Crippen molar-refractivity contribution in [3.8, 4) is 11.3 Å². The molecule has 8 nitrogen and oxygen atoms in total. The number of methoxy groups -OCH3 is 1. The van der Waals surface area contributed by atoms with Crippen molar-refractivity contribution >= 4 is 11.9 Å². The average molecular weight is 318 g/mol. The fraction of sp³-hybridized carbons (Fsp3) is 0.333. The highest BCUT2D eigenvalue weighted by atomic mass is 16.5. The number of rotatable bonds is 8. The topological polar surface area (TPSA) is 106 Å². The van der Waals surface area contributed by atoms with E-state index in [-0.39, 0.29) is 18.9 Å². The number of carboxylic acids is 1. The minimum absolute atomic E-state index is 0.0411. The van der Waals surface area contributed by atoms with Crippen molar-refractivity contribution in [3.05, 3.63) is 36.0 Å². The molecule has 0 aliphatic rings. The zero-order chi connectivity index (χ0) is 16.7. The van der Waals surface area contributed by atoms with Gasteiger partial charge in [-0.2, -0.15) is 0 Å². The minimum Gasteiger partial charge on any atom is -0.481 e. The molecule has 1 aromatic heterocycles. The molecule has 0 atom stereocenters. The number of hydrogen-bond acceptors (Lipinski definition) is 5. The summed E-state index contributed by atoms with van der Waals surface area (Å²) >= 11 is 0. The number of aromatic nitrogens is 3. The van der Waals surface area contributed by atoms with Crippen LogP contribution in [0.25, 0.3) is 11.3 Å². The number of aliphatic carboxylic acids is 1. The number of carboxylic acid groups (broad SMARTS) is 1. The summed E-state index contributed by atoms with van der Waals surface area (Å²) in [6.45, 7) is 0.770. The predicted octanol–water partition coefficient (Wildman–Crippen LogP) is 0.335. The van der Waals surface area contributed by atoms with Crippen LogP contribution in [0.4, 0.5) is 0 Å². The number of benzene rings is 1. The van der Waals surface area contributed by atoms with Crippen LogP contribution in [0.15, 0.2) is 30.3 Å². The molecule has 0 saturated heterocycles. The number of carbonyl (C=O) groups is 2. The summed E-state index contributed by atoms with van der Waals surface area (Å²) in [5.41, 5.74) is 1.63. The second kappa shape index (κ2) is 8.04. The van der Waals surface area contributed by atoms with Crippen LogP contribution in [0, 0.1) is 0 Å². The Bertz CT molecular complexity index is 669. The SMILES string of the molecule is COCCNC(=O)Cn1nnc(CC(=O)O)c1-c1ccccc1. The van der Waals surface area contributed by atoms with Crippen molar-refractivity contribution in [1.82, 2.24) is 20.3 Å². The molecule has 0 spiro atoms. The van der Waals surface area contributed by atoms with E-state index in [1.165, 1.54) is 4.68 Å². The van der Waals surface area contributed by atoms with Gasteiger partial charge < -0.3 is 15.2 Å². The molecule has 23 heavy (non-hydrogen) atoms. The lowest BCUT2D eigenvalue weighted by Gasteiger charge is -2.08. The molecule has 2 N–H and O–H groups in total. The lowest BCUT2D eigenvalue weighted by molar-refractivity contribution is -0.136. The van der Waals surface area contributed by atoms with E-state index >= 15 is 0 Å². The Morgan fingerprint density at radius 1 is 1.30 bits per heavy atom. The minimum atomic E-state index is -1.00. The lowest BCUT2D eigenvalue weighted by Crippen LogP contribution is -2.30. The van der Waals surface area contributed by atoms with Crippen molar-refractivity contribution in [2.45, 2.75) is 13.0 Å². The third-order valence-corrected chi connectivity index (χ3v) is 3.09. The molecule has 1 heterocycles. The molecule has 1 amide bonds. The summed E-state index contributed by atoms with van der Waals surface area (Å²) in [7, 11) is 1.55. The van der Waals surface area contributed by atoms with Gasteiger partial charge in [0.25, 0.3) is 0 Å². The predicted molar refractivity (Wildman–Crippen MR) is 81.7 cm³/mol. The van der Waals surface area contributed by atoms with Gasteiger partial charge in [0, 0.05) is 19.2 Å². The van der Waals surface area contributed by atoms with Gasteiger partial charge in [-0.25, -0.2) is 4.68 Å². The van der Waals surface area contributed by atoms with E-state index in [1.54, 1.807) is 7.11 Å². The van der Waals surface area contributed by atoms with Gasteiger partial charge >= 0.3 is 5.97 Å². The lowest BCUT2D eigenvalue weighted by atomic mass is 10.1. The van der Waals surface area contributed by atoms with Gasteiger partial charge in [0.05, 0.1) is 18.7 Å². The van der Waals surface area contributed by atoms with E-state index in [0.717, 1.165) is 5.56 Å². The number of nitrogens with one attached hydrogen (secondary N) is 1. The highest BCUT2D eigenvalue weighted by Gasteiger charge is 2.18. The molecule has 0 bridgehead atoms. The van der Waals surface area contributed by atoms with Gasteiger partial charge in [0.15, 0.2) is 0 Å². The first-order valence-electron chi connectivity index (χ1n) is 7.07. The van der Waals surface area contributed by atoms with Gasteiger partial charge in [-0.1, -0.05) is 35.5 Å². The van der Waals surface area contributed by atoms with E-state index < -0.39 is 5.97 Å². The summed E-state index contributed by atoms with van der Waals surface area (Å²) in [6, 6.07) is 9.16. The van der Waals surface area contributed by atoms with Gasteiger partial charge in [0.1, 0.15) is 12.2 Å². The average Bonchev–Trinajstić information content (AvgIpc) is 2.90. The summed E-state index contributed by atoms with van der Waals surface area (Å²) in [5, 5.41) is 19.5. The highest BCUT2D eigenvalue weighted by molar-refractivity contribution is 5.78. The fourth-order valence-electron chi connectivity index (χ4n) is 2.12. The van der Waals surface area contributed by atoms with E-state index in [1.807, 2.05) is 30.3 Å². The van der Waals surface area contributed by atoms with Crippen molar-refractivity contribution < 1.29 is 19.4 Å². The molecule has 0 radical (unpaired) electrons. The normalized spacial score (nSPS) is 10.5. The molecule has 0 fully saturated rings. The number of ether oxygens (including phenoxy) is 1. The Balaban J connectivity index is 2.24. The first-order valence-corrected chi connectivity index (χ1v) is 7.07. The third kappa shape index (κ3) is 4.62. The van der Waals surface area contributed by atoms with Crippen LogP contribution in [0.3, 0.4) is 0 Å². The summed E-state index contributed by atoms with van der Waals surface area (Å²) in [6.07, 6.45) is -0.254. The number of hydrogen-bond donors (Lipinski definition) is 2. The maximum atomic E-state index is 11.9. The van der Waals surface area contributed by atoms with Crippen LogP contribution in [0.5, 0.6) is 0 Å². The van der Waals surface area contributed by atoms with Crippen molar-refractivity contribution in [1.29, 1.82) is 0 Å². The van der Waals surface area contributed by atoms with Crippen LogP contribution in [0.1, 0.15) is 5.69 Å². The molecule has 122 valence electrons. The summed E-state index contributed by atoms with van der Waals surface area (Å²) in [5.74, 6) is -1.25. The van der Waals surface area contributed by atoms with Crippen molar-refractivity contribution in [2.24, 2.45) is 0 Å². The molecular weight excluding hydrogens is 300 g/mol. The summed E-state index contributed by atoms with van der Waals surface area (Å²) < 4.78 is 6.28. The second-order valence-corrected chi connectivity index (χ2v) is 4.82. The monoisotopic (exact) mass is 318 g/mol. The van der Waals surface area contributed by atoms with Crippen molar-refractivity contribution in [2.75, 3.05) is 20.3 Å².